The van der Waals surface area contributed by atoms with Gasteiger partial charge in [0.15, 0.2) is 5.84 Å². The number of carbonyl (C=O) groups excluding carboxylic acids is 1. The van der Waals surface area contributed by atoms with Gasteiger partial charge in [0.25, 0.3) is 0 Å². The van der Waals surface area contributed by atoms with Gasteiger partial charge >= 0.3 is 6.03 Å². The molecule has 0 radical (unpaired) electrons. The van der Waals surface area contributed by atoms with Gasteiger partial charge in [-0.2, -0.15) is 0 Å². The van der Waals surface area contributed by atoms with Crippen LogP contribution in [0, 0.1) is 0 Å². The zero-order valence-electron chi connectivity index (χ0n) is 11.3. The Labute approximate surface area is 112 Å². The Bertz CT molecular complexity index is 438. The maximum atomic E-state index is 11.7. The molecule has 4 N–H and O–H groups in total. The fourth-order valence-corrected chi connectivity index (χ4v) is 1.65. The molecule has 0 saturated heterocycles. The Balaban J connectivity index is 2.57. The maximum Gasteiger partial charge on any atom is 0.317 e. The van der Waals surface area contributed by atoms with Crippen LogP contribution in [0.3, 0.4) is 0 Å². The van der Waals surface area contributed by atoms with Gasteiger partial charge in [0.2, 0.25) is 0 Å². The minimum Gasteiger partial charge on any atom is -0.409 e. The molecule has 0 atom stereocenters. The van der Waals surface area contributed by atoms with Crippen molar-refractivity contribution in [2.45, 2.75) is 20.4 Å². The van der Waals surface area contributed by atoms with E-state index in [1.54, 1.807) is 17.0 Å². The molecule has 0 bridgehead atoms. The van der Waals surface area contributed by atoms with Crippen molar-refractivity contribution in [2.75, 3.05) is 13.1 Å². The highest BCUT2D eigenvalue weighted by molar-refractivity contribution is 5.96. The second kappa shape index (κ2) is 7.25. The number of amidine groups is 1. The summed E-state index contributed by atoms with van der Waals surface area (Å²) in [7, 11) is 0. The predicted molar refractivity (Wildman–Crippen MR) is 74.1 cm³/mol. The van der Waals surface area contributed by atoms with Crippen LogP contribution in [0.25, 0.3) is 0 Å². The first-order valence-electron chi connectivity index (χ1n) is 6.22. The number of nitrogens with one attached hydrogen (secondary N) is 1. The summed E-state index contributed by atoms with van der Waals surface area (Å²) in [6, 6.07) is 7.07. The number of amides is 2. The summed E-state index contributed by atoms with van der Waals surface area (Å²) in [4.78, 5) is 13.5. The summed E-state index contributed by atoms with van der Waals surface area (Å²) < 4.78 is 0. The lowest BCUT2D eigenvalue weighted by Crippen LogP contribution is -2.39. The summed E-state index contributed by atoms with van der Waals surface area (Å²) in [5, 5.41) is 14.3. The number of rotatable bonds is 5. The highest BCUT2D eigenvalue weighted by Gasteiger charge is 2.08. The second-order valence-corrected chi connectivity index (χ2v) is 4.01. The van der Waals surface area contributed by atoms with Crippen LogP contribution in [0.1, 0.15) is 25.0 Å². The lowest BCUT2D eigenvalue weighted by atomic mass is 10.1. The number of oxime groups is 1. The molecule has 6 nitrogen and oxygen atoms in total. The van der Waals surface area contributed by atoms with Crippen molar-refractivity contribution < 1.29 is 10.0 Å². The third-order valence-electron chi connectivity index (χ3n) is 2.85. The Kier molecular flexibility index (Phi) is 5.66. The molecule has 104 valence electrons. The van der Waals surface area contributed by atoms with E-state index in [4.69, 9.17) is 10.9 Å². The minimum atomic E-state index is -0.0782. The van der Waals surface area contributed by atoms with Crippen molar-refractivity contribution in [3.05, 3.63) is 35.4 Å². The molecule has 0 aliphatic carbocycles. The molecule has 1 rings (SSSR count). The quantitative estimate of drug-likeness (QED) is 0.324. The Morgan fingerprint density at radius 1 is 1.32 bits per heavy atom. The summed E-state index contributed by atoms with van der Waals surface area (Å²) in [6.07, 6.45) is 0. The van der Waals surface area contributed by atoms with Gasteiger partial charge in [0.05, 0.1) is 0 Å². The van der Waals surface area contributed by atoms with Crippen LogP contribution in [-0.4, -0.2) is 35.1 Å². The first-order valence-corrected chi connectivity index (χ1v) is 6.22. The zero-order valence-corrected chi connectivity index (χ0v) is 11.3. The number of urea groups is 1. The molecule has 0 fully saturated rings. The van der Waals surface area contributed by atoms with Crippen LogP contribution >= 0.6 is 0 Å². The molecule has 2 amide bonds. The predicted octanol–water partition coefficient (Wildman–Crippen LogP) is 1.33. The Morgan fingerprint density at radius 2 is 1.89 bits per heavy atom. The third kappa shape index (κ3) is 4.17. The van der Waals surface area contributed by atoms with Gasteiger partial charge in [-0.25, -0.2) is 4.79 Å². The number of hydrogen-bond donors (Lipinski definition) is 3. The SMILES string of the molecule is CCN(CC)C(=O)NCc1ccc(C(N)=NO)cc1. The largest absolute Gasteiger partial charge is 0.409 e. The molecular formula is C13H20N4O2. The lowest BCUT2D eigenvalue weighted by molar-refractivity contribution is 0.203. The van der Waals surface area contributed by atoms with E-state index in [2.05, 4.69) is 10.5 Å². The lowest BCUT2D eigenvalue weighted by Gasteiger charge is -2.19. The van der Waals surface area contributed by atoms with E-state index in [1.165, 1.54) is 0 Å². The Hall–Kier alpha value is -2.24. The second-order valence-electron chi connectivity index (χ2n) is 4.01. The van der Waals surface area contributed by atoms with Crippen LogP contribution in [-0.2, 0) is 6.54 Å². The van der Waals surface area contributed by atoms with E-state index in [-0.39, 0.29) is 11.9 Å². The topological polar surface area (TPSA) is 91.0 Å². The third-order valence-corrected chi connectivity index (χ3v) is 2.85. The molecule has 0 spiro atoms. The van der Waals surface area contributed by atoms with Gasteiger partial charge in [0.1, 0.15) is 0 Å². The van der Waals surface area contributed by atoms with Gasteiger partial charge < -0.3 is 21.2 Å². The first kappa shape index (κ1) is 14.8. The fraction of sp³-hybridized carbons (Fsp3) is 0.385. The van der Waals surface area contributed by atoms with Gasteiger partial charge in [0, 0.05) is 25.2 Å². The molecule has 0 aromatic heterocycles. The van der Waals surface area contributed by atoms with Crippen LogP contribution in [0.4, 0.5) is 4.79 Å². The average molecular weight is 264 g/mol. The van der Waals surface area contributed by atoms with Crippen molar-refractivity contribution in [1.29, 1.82) is 0 Å². The monoisotopic (exact) mass is 264 g/mol. The highest BCUT2D eigenvalue weighted by Crippen LogP contribution is 2.04. The van der Waals surface area contributed by atoms with Crippen molar-refractivity contribution in [3.8, 4) is 0 Å². The summed E-state index contributed by atoms with van der Waals surface area (Å²) in [6.45, 7) is 5.70. The fourth-order valence-electron chi connectivity index (χ4n) is 1.65. The van der Waals surface area contributed by atoms with Crippen LogP contribution in [0.15, 0.2) is 29.4 Å². The van der Waals surface area contributed by atoms with E-state index in [9.17, 15) is 4.79 Å². The summed E-state index contributed by atoms with van der Waals surface area (Å²) in [5.41, 5.74) is 7.06. The maximum absolute atomic E-state index is 11.7. The molecule has 0 unspecified atom stereocenters. The number of nitrogens with two attached hydrogens (primary N) is 1. The molecule has 6 heteroatoms. The van der Waals surface area contributed by atoms with E-state index < -0.39 is 0 Å². The van der Waals surface area contributed by atoms with Crippen LogP contribution in [0.2, 0.25) is 0 Å². The minimum absolute atomic E-state index is 0.0683. The molecule has 19 heavy (non-hydrogen) atoms. The van der Waals surface area contributed by atoms with Crippen molar-refractivity contribution in [1.82, 2.24) is 10.2 Å². The molecule has 0 aliphatic heterocycles. The molecule has 1 aromatic carbocycles. The zero-order chi connectivity index (χ0) is 14.3. The molecular weight excluding hydrogens is 244 g/mol. The molecule has 0 aliphatic rings. The van der Waals surface area contributed by atoms with Gasteiger partial charge in [-0.1, -0.05) is 29.4 Å². The summed E-state index contributed by atoms with van der Waals surface area (Å²) >= 11 is 0. The van der Waals surface area contributed by atoms with Gasteiger partial charge in [-0.05, 0) is 19.4 Å². The van der Waals surface area contributed by atoms with E-state index in [0.717, 1.165) is 5.56 Å². The molecule has 1 aromatic rings. The number of nitrogens with zero attached hydrogens (tertiary/aromatic N) is 2. The number of hydrogen-bond acceptors (Lipinski definition) is 3. The number of carbonyl (C=O) groups is 1. The Morgan fingerprint density at radius 3 is 2.37 bits per heavy atom. The van der Waals surface area contributed by atoms with E-state index >= 15 is 0 Å². The standard InChI is InChI=1S/C13H20N4O2/c1-3-17(4-2)13(18)15-9-10-5-7-11(8-6-10)12(14)16-19/h5-8,19H,3-4,9H2,1-2H3,(H2,14,16)(H,15,18). The van der Waals surface area contributed by atoms with Crippen LogP contribution in [0.5, 0.6) is 0 Å². The van der Waals surface area contributed by atoms with Crippen molar-refractivity contribution >= 4 is 11.9 Å². The highest BCUT2D eigenvalue weighted by atomic mass is 16.4. The number of benzene rings is 1. The normalized spacial score (nSPS) is 11.2. The van der Waals surface area contributed by atoms with E-state index in [1.807, 2.05) is 26.0 Å². The smallest absolute Gasteiger partial charge is 0.317 e. The van der Waals surface area contributed by atoms with Crippen LogP contribution < -0.4 is 11.1 Å². The molecule has 0 saturated carbocycles. The average Bonchev–Trinajstić information content (AvgIpc) is 2.46. The van der Waals surface area contributed by atoms with Crippen molar-refractivity contribution in [3.63, 3.8) is 0 Å². The summed E-state index contributed by atoms with van der Waals surface area (Å²) in [5.74, 6) is 0.0683. The van der Waals surface area contributed by atoms with E-state index in [0.29, 0.717) is 25.2 Å². The van der Waals surface area contributed by atoms with Gasteiger partial charge in [-0.15, -0.1) is 0 Å². The van der Waals surface area contributed by atoms with Gasteiger partial charge in [-0.3, -0.25) is 0 Å². The molecule has 0 heterocycles. The first-order chi connectivity index (χ1) is 9.12. The van der Waals surface area contributed by atoms with Crippen molar-refractivity contribution in [2.24, 2.45) is 10.9 Å².